The predicted molar refractivity (Wildman–Crippen MR) is 127 cm³/mol. The van der Waals surface area contributed by atoms with Crippen molar-refractivity contribution in [3.8, 4) is 11.1 Å². The van der Waals surface area contributed by atoms with Gasteiger partial charge in [0, 0.05) is 41.7 Å². The minimum absolute atomic E-state index is 0.0280. The van der Waals surface area contributed by atoms with Crippen molar-refractivity contribution in [2.75, 3.05) is 6.54 Å². The van der Waals surface area contributed by atoms with Gasteiger partial charge in [0.05, 0.1) is 17.9 Å². The molecule has 0 amide bonds. The van der Waals surface area contributed by atoms with Crippen molar-refractivity contribution in [1.29, 1.82) is 0 Å². The van der Waals surface area contributed by atoms with E-state index >= 15 is 0 Å². The van der Waals surface area contributed by atoms with Gasteiger partial charge < -0.3 is 4.42 Å². The molecular weight excluding hydrogens is 509 g/mol. The maximum Gasteiger partial charge on any atom is 0.433 e. The summed E-state index contributed by atoms with van der Waals surface area (Å²) in [5.74, 6) is -0.249. The summed E-state index contributed by atoms with van der Waals surface area (Å²) in [6.45, 7) is 0.214. The number of Topliss-reactive ketones (excluding diaryl/α,β-unsaturated/α-hetero) is 1. The highest BCUT2D eigenvalue weighted by Crippen LogP contribution is 2.31. The number of nitrogens with zero attached hydrogens (tertiary/aromatic N) is 4. The molecule has 1 atom stereocenters. The summed E-state index contributed by atoms with van der Waals surface area (Å²) in [6.07, 6.45) is -0.856. The first-order chi connectivity index (χ1) is 17.6. The Kier molecular flexibility index (Phi) is 6.54. The zero-order chi connectivity index (χ0) is 26.2. The van der Waals surface area contributed by atoms with Gasteiger partial charge in [-0.05, 0) is 37.5 Å². The zero-order valence-corrected chi connectivity index (χ0v) is 20.2. The number of fused-ring (bicyclic) bond motifs is 1. The quantitative estimate of drug-likeness (QED) is 0.342. The number of carbonyl (C=O) groups excluding carboxylic acids is 1. The normalized spacial score (nSPS) is 16.9. The molecule has 37 heavy (non-hydrogen) atoms. The maximum atomic E-state index is 13.3. The van der Waals surface area contributed by atoms with Crippen molar-refractivity contribution in [2.45, 2.75) is 43.0 Å². The molecule has 3 aromatic heterocycles. The van der Waals surface area contributed by atoms with Crippen LogP contribution in [0.5, 0.6) is 0 Å². The molecular formula is C25H21F3N4O4S. The third-order valence-corrected chi connectivity index (χ3v) is 8.03. The summed E-state index contributed by atoms with van der Waals surface area (Å²) in [5.41, 5.74) is 0.839. The van der Waals surface area contributed by atoms with Gasteiger partial charge in [0.25, 0.3) is 10.0 Å². The van der Waals surface area contributed by atoms with Gasteiger partial charge in [0.1, 0.15) is 11.3 Å². The van der Waals surface area contributed by atoms with E-state index in [-0.39, 0.29) is 30.3 Å². The van der Waals surface area contributed by atoms with Crippen molar-refractivity contribution in [1.82, 2.24) is 19.5 Å². The Balaban J connectivity index is 1.28. The first-order valence-corrected chi connectivity index (χ1v) is 13.0. The van der Waals surface area contributed by atoms with Gasteiger partial charge in [0.2, 0.25) is 5.09 Å². The molecule has 0 radical (unpaired) electrons. The van der Waals surface area contributed by atoms with Crippen LogP contribution in [0.4, 0.5) is 13.2 Å². The highest BCUT2D eigenvalue weighted by Gasteiger charge is 2.40. The Morgan fingerprint density at radius 3 is 2.62 bits per heavy atom. The second-order valence-corrected chi connectivity index (χ2v) is 10.5. The van der Waals surface area contributed by atoms with Crippen LogP contribution in [0.1, 0.15) is 30.7 Å². The number of aromatic nitrogens is 3. The van der Waals surface area contributed by atoms with Crippen LogP contribution in [0, 0.1) is 0 Å². The second kappa shape index (κ2) is 9.67. The molecule has 0 N–H and O–H groups in total. The van der Waals surface area contributed by atoms with E-state index in [4.69, 9.17) is 4.42 Å². The van der Waals surface area contributed by atoms with Crippen LogP contribution in [0.3, 0.4) is 0 Å². The smallest absolute Gasteiger partial charge is 0.433 e. The first-order valence-electron chi connectivity index (χ1n) is 11.5. The SMILES string of the molecule is O=C(CCc1cc(-c2ccc(C(F)(F)F)nc2)cnn1)[C@@H]1CCCN1S(=O)(=O)c1cc2ccccc2o1. The van der Waals surface area contributed by atoms with E-state index < -0.39 is 27.9 Å². The highest BCUT2D eigenvalue weighted by atomic mass is 32.2. The number of hydrogen-bond acceptors (Lipinski definition) is 7. The van der Waals surface area contributed by atoms with E-state index in [0.29, 0.717) is 40.6 Å². The van der Waals surface area contributed by atoms with E-state index in [1.54, 1.807) is 30.3 Å². The van der Waals surface area contributed by atoms with Crippen molar-refractivity contribution in [3.05, 3.63) is 72.3 Å². The van der Waals surface area contributed by atoms with E-state index in [1.807, 2.05) is 0 Å². The number of carbonyl (C=O) groups is 1. The maximum absolute atomic E-state index is 13.3. The minimum atomic E-state index is -4.54. The number of sulfonamides is 1. The van der Waals surface area contributed by atoms with Gasteiger partial charge in [-0.1, -0.05) is 24.3 Å². The molecule has 1 aliphatic heterocycles. The lowest BCUT2D eigenvalue weighted by atomic mass is 10.0. The van der Waals surface area contributed by atoms with Gasteiger partial charge >= 0.3 is 6.18 Å². The topological polar surface area (TPSA) is 106 Å². The molecule has 0 unspecified atom stereocenters. The number of aryl methyl sites for hydroxylation is 1. The number of ketones is 1. The molecule has 0 aliphatic carbocycles. The monoisotopic (exact) mass is 530 g/mol. The fourth-order valence-corrected chi connectivity index (χ4v) is 6.02. The first kappa shape index (κ1) is 25.0. The predicted octanol–water partition coefficient (Wildman–Crippen LogP) is 4.66. The number of furan rings is 1. The van der Waals surface area contributed by atoms with Crippen LogP contribution in [0.2, 0.25) is 0 Å². The second-order valence-electron chi connectivity index (χ2n) is 8.71. The lowest BCUT2D eigenvalue weighted by molar-refractivity contribution is -0.141. The number of para-hydroxylation sites is 1. The Morgan fingerprint density at radius 2 is 1.89 bits per heavy atom. The molecule has 8 nitrogen and oxygen atoms in total. The molecule has 1 aliphatic rings. The van der Waals surface area contributed by atoms with Crippen molar-refractivity contribution >= 4 is 26.8 Å². The van der Waals surface area contributed by atoms with Crippen LogP contribution < -0.4 is 0 Å². The summed E-state index contributed by atoms with van der Waals surface area (Å²) < 4.78 is 71.6. The minimum Gasteiger partial charge on any atom is -0.443 e. The fourth-order valence-electron chi connectivity index (χ4n) is 4.39. The van der Waals surface area contributed by atoms with E-state index in [0.717, 1.165) is 12.3 Å². The molecule has 5 rings (SSSR count). The number of pyridine rings is 1. The summed E-state index contributed by atoms with van der Waals surface area (Å²) >= 11 is 0. The van der Waals surface area contributed by atoms with E-state index in [9.17, 15) is 26.4 Å². The average molecular weight is 531 g/mol. The Labute approximate surface area is 210 Å². The van der Waals surface area contributed by atoms with Gasteiger partial charge in [-0.25, -0.2) is 8.42 Å². The molecule has 0 saturated carbocycles. The van der Waals surface area contributed by atoms with Gasteiger partial charge in [0.15, 0.2) is 5.78 Å². The molecule has 1 aromatic carbocycles. The number of hydrogen-bond donors (Lipinski definition) is 0. The molecule has 4 aromatic rings. The van der Waals surface area contributed by atoms with Gasteiger partial charge in [-0.15, -0.1) is 0 Å². The summed E-state index contributed by atoms with van der Waals surface area (Å²) in [4.78, 5) is 16.5. The third-order valence-electron chi connectivity index (χ3n) is 6.26. The molecule has 12 heteroatoms. The zero-order valence-electron chi connectivity index (χ0n) is 19.4. The Bertz CT molecular complexity index is 1520. The molecule has 4 heterocycles. The van der Waals surface area contributed by atoms with Crippen LogP contribution in [-0.4, -0.2) is 46.3 Å². The largest absolute Gasteiger partial charge is 0.443 e. The van der Waals surface area contributed by atoms with Crippen LogP contribution >= 0.6 is 0 Å². The Morgan fingerprint density at radius 1 is 1.08 bits per heavy atom. The summed E-state index contributed by atoms with van der Waals surface area (Å²) in [5, 5.41) is 8.36. The fraction of sp³-hybridized carbons (Fsp3) is 0.280. The summed E-state index contributed by atoms with van der Waals surface area (Å²) in [6, 6.07) is 11.4. The molecule has 192 valence electrons. The van der Waals surface area contributed by atoms with E-state index in [1.165, 1.54) is 22.6 Å². The highest BCUT2D eigenvalue weighted by molar-refractivity contribution is 7.89. The third kappa shape index (κ3) is 5.12. The molecule has 1 fully saturated rings. The molecule has 0 bridgehead atoms. The van der Waals surface area contributed by atoms with Gasteiger partial charge in [-0.3, -0.25) is 9.78 Å². The lowest BCUT2D eigenvalue weighted by Gasteiger charge is -2.21. The standard InChI is InChI=1S/C25H21F3N4O4S/c26-25(27,28)23-10-7-17(14-29-23)18-12-19(31-30-15-18)8-9-21(33)20-5-3-11-32(20)37(34,35)24-13-16-4-1-2-6-22(16)36-24/h1-2,4,6-7,10,12-15,20H,3,5,8-9,11H2/t20-/m0/s1. The number of benzene rings is 1. The van der Waals surface area contributed by atoms with Crippen molar-refractivity contribution < 1.29 is 30.8 Å². The van der Waals surface area contributed by atoms with Gasteiger partial charge in [-0.2, -0.15) is 27.7 Å². The van der Waals surface area contributed by atoms with E-state index in [2.05, 4.69) is 15.2 Å². The molecule has 0 spiro atoms. The number of halogens is 3. The van der Waals surface area contributed by atoms with Crippen molar-refractivity contribution in [2.24, 2.45) is 0 Å². The van der Waals surface area contributed by atoms with Crippen LogP contribution in [0.25, 0.3) is 22.1 Å². The number of rotatable bonds is 7. The van der Waals surface area contributed by atoms with Crippen LogP contribution in [-0.2, 0) is 27.4 Å². The lowest BCUT2D eigenvalue weighted by Crippen LogP contribution is -2.40. The van der Waals surface area contributed by atoms with Crippen molar-refractivity contribution in [3.63, 3.8) is 0 Å². The van der Waals surface area contributed by atoms with Crippen LogP contribution in [0.15, 0.2) is 70.4 Å². The number of alkyl halides is 3. The Hall–Kier alpha value is -3.64. The summed E-state index contributed by atoms with van der Waals surface area (Å²) in [7, 11) is -4.00. The molecule has 1 saturated heterocycles. The average Bonchev–Trinajstić information content (AvgIpc) is 3.55.